The summed E-state index contributed by atoms with van der Waals surface area (Å²) < 4.78 is 0. The van der Waals surface area contributed by atoms with Crippen LogP contribution < -0.4 is 4.90 Å². The van der Waals surface area contributed by atoms with Crippen molar-refractivity contribution < 1.29 is 0 Å². The predicted molar refractivity (Wildman–Crippen MR) is 125 cm³/mol. The average molecular weight is 354 g/mol. The summed E-state index contributed by atoms with van der Waals surface area (Å²) >= 11 is 0. The van der Waals surface area contributed by atoms with Crippen molar-refractivity contribution in [3.63, 3.8) is 0 Å². The Balaban J connectivity index is -0.000000795. The molecule has 1 aromatic rings. The number of anilines is 1. The quantitative estimate of drug-likeness (QED) is 0.444. The van der Waals surface area contributed by atoms with Gasteiger partial charge in [0.1, 0.15) is 0 Å². The summed E-state index contributed by atoms with van der Waals surface area (Å²) in [7, 11) is 0. The van der Waals surface area contributed by atoms with Gasteiger partial charge in [0.05, 0.1) is 0 Å². The molecule has 0 aliphatic carbocycles. The van der Waals surface area contributed by atoms with E-state index in [1.54, 1.807) is 6.08 Å². The largest absolute Gasteiger partial charge is 0.311 e. The molecule has 0 N–H and O–H groups in total. The van der Waals surface area contributed by atoms with Crippen LogP contribution in [0.4, 0.5) is 5.69 Å². The van der Waals surface area contributed by atoms with Crippen molar-refractivity contribution in [3.05, 3.63) is 104 Å². The number of para-hydroxylation sites is 1. The van der Waals surface area contributed by atoms with Crippen molar-refractivity contribution in [2.24, 2.45) is 0 Å². The monoisotopic (exact) mass is 353 g/mol. The van der Waals surface area contributed by atoms with E-state index in [4.69, 9.17) is 0 Å². The van der Waals surface area contributed by atoms with Crippen molar-refractivity contribution in [1.29, 1.82) is 0 Å². The molecule has 0 bridgehead atoms. The van der Waals surface area contributed by atoms with Crippen LogP contribution in [-0.2, 0) is 0 Å². The normalized spacial score (nSPS) is 10.1. The Bertz CT molecular complexity index is 545. The predicted octanol–water partition coefficient (Wildman–Crippen LogP) is 8.47. The molecule has 0 radical (unpaired) electrons. The molecule has 0 heterocycles. The number of allylic oxidation sites excluding steroid dienone is 7. The van der Waals surface area contributed by atoms with Gasteiger partial charge < -0.3 is 4.90 Å². The molecular formula is C25H39N. The number of hydrogen-bond donors (Lipinski definition) is 0. The molecule has 0 saturated carbocycles. The molecule has 0 saturated heterocycles. The van der Waals surface area contributed by atoms with Crippen LogP contribution in [0.15, 0.2) is 104 Å². The van der Waals surface area contributed by atoms with Crippen molar-refractivity contribution in [1.82, 2.24) is 0 Å². The molecule has 0 aliphatic rings. The third-order valence-corrected chi connectivity index (χ3v) is 2.70. The zero-order chi connectivity index (χ0) is 20.8. The van der Waals surface area contributed by atoms with Crippen LogP contribution in [0.1, 0.15) is 48.5 Å². The van der Waals surface area contributed by atoms with E-state index in [-0.39, 0.29) is 0 Å². The second-order valence-corrected chi connectivity index (χ2v) is 4.02. The molecule has 0 spiro atoms. The van der Waals surface area contributed by atoms with Crippen LogP contribution in [0.5, 0.6) is 0 Å². The summed E-state index contributed by atoms with van der Waals surface area (Å²) in [5, 5.41) is 0. The zero-order valence-electron chi connectivity index (χ0n) is 18.0. The van der Waals surface area contributed by atoms with E-state index in [0.717, 1.165) is 17.1 Å². The summed E-state index contributed by atoms with van der Waals surface area (Å²) in [4.78, 5) is 2.08. The van der Waals surface area contributed by atoms with E-state index in [9.17, 15) is 0 Å². The van der Waals surface area contributed by atoms with E-state index in [1.165, 1.54) is 0 Å². The lowest BCUT2D eigenvalue weighted by Crippen LogP contribution is -2.19. The third kappa shape index (κ3) is 11.1. The van der Waals surface area contributed by atoms with Gasteiger partial charge in [0.25, 0.3) is 0 Å². The van der Waals surface area contributed by atoms with Gasteiger partial charge in [-0.1, -0.05) is 97.7 Å². The van der Waals surface area contributed by atoms with Crippen LogP contribution in [0.3, 0.4) is 0 Å². The maximum atomic E-state index is 3.91. The number of benzene rings is 1. The van der Waals surface area contributed by atoms with Gasteiger partial charge in [0.2, 0.25) is 0 Å². The molecule has 0 amide bonds. The lowest BCUT2D eigenvalue weighted by atomic mass is 10.2. The summed E-state index contributed by atoms with van der Waals surface area (Å²) in [6.07, 6.45) is 13.3. The number of nitrogens with zero attached hydrogens (tertiary/aromatic N) is 1. The fourth-order valence-corrected chi connectivity index (χ4v) is 1.81. The van der Waals surface area contributed by atoms with Crippen LogP contribution in [0.2, 0.25) is 0 Å². The second kappa shape index (κ2) is 22.5. The first-order valence-corrected chi connectivity index (χ1v) is 9.54. The van der Waals surface area contributed by atoms with Gasteiger partial charge in [-0.05, 0) is 43.4 Å². The highest BCUT2D eigenvalue weighted by atomic mass is 15.1. The summed E-state index contributed by atoms with van der Waals surface area (Å²) in [6.45, 7) is 25.5. The van der Waals surface area contributed by atoms with E-state index >= 15 is 0 Å². The maximum absolute atomic E-state index is 3.91. The summed E-state index contributed by atoms with van der Waals surface area (Å²) in [5.74, 6) is 0. The van der Waals surface area contributed by atoms with Gasteiger partial charge in [0, 0.05) is 17.1 Å². The van der Waals surface area contributed by atoms with Crippen molar-refractivity contribution in [2.45, 2.75) is 48.5 Å². The highest BCUT2D eigenvalue weighted by Crippen LogP contribution is 2.25. The van der Waals surface area contributed by atoms with E-state index in [2.05, 4.69) is 24.6 Å². The fraction of sp³-hybridized carbons (Fsp3) is 0.280. The van der Waals surface area contributed by atoms with Crippen LogP contribution in [0.25, 0.3) is 0 Å². The molecule has 0 fully saturated rings. The minimum atomic E-state index is 0.946. The van der Waals surface area contributed by atoms with Gasteiger partial charge >= 0.3 is 0 Å². The van der Waals surface area contributed by atoms with Crippen LogP contribution >= 0.6 is 0 Å². The van der Waals surface area contributed by atoms with Crippen molar-refractivity contribution >= 4 is 5.69 Å². The Labute approximate surface area is 163 Å². The lowest BCUT2D eigenvalue weighted by molar-refractivity contribution is 1.14. The molecule has 0 aliphatic heterocycles. The minimum Gasteiger partial charge on any atom is -0.311 e. The SMILES string of the molecule is C=C/C=C(\C=C)N(/C(C=C)=C/C=C\C)c1ccccc1.CC.CC.CC. The van der Waals surface area contributed by atoms with Gasteiger partial charge in [-0.15, -0.1) is 0 Å². The highest BCUT2D eigenvalue weighted by molar-refractivity contribution is 5.63. The van der Waals surface area contributed by atoms with Crippen LogP contribution in [-0.4, -0.2) is 0 Å². The molecule has 144 valence electrons. The topological polar surface area (TPSA) is 3.24 Å². The van der Waals surface area contributed by atoms with E-state index in [0.29, 0.717) is 0 Å². The molecule has 1 aromatic carbocycles. The second-order valence-electron chi connectivity index (χ2n) is 4.02. The van der Waals surface area contributed by atoms with Gasteiger partial charge in [-0.3, -0.25) is 0 Å². The molecule has 1 heteroatoms. The Kier molecular flexibility index (Phi) is 24.4. The zero-order valence-corrected chi connectivity index (χ0v) is 18.0. The Morgan fingerprint density at radius 3 is 1.62 bits per heavy atom. The first kappa shape index (κ1) is 28.3. The number of hydrogen-bond acceptors (Lipinski definition) is 1. The number of rotatable bonds is 7. The van der Waals surface area contributed by atoms with Crippen LogP contribution in [0, 0.1) is 0 Å². The molecule has 1 nitrogen and oxygen atoms in total. The summed E-state index contributed by atoms with van der Waals surface area (Å²) in [6, 6.07) is 10.1. The smallest absolute Gasteiger partial charge is 0.0461 e. The first-order chi connectivity index (χ1) is 12.8. The molecule has 1 rings (SSSR count). The van der Waals surface area contributed by atoms with Gasteiger partial charge in [-0.2, -0.15) is 0 Å². The molecule has 26 heavy (non-hydrogen) atoms. The fourth-order valence-electron chi connectivity index (χ4n) is 1.81. The molecule has 0 atom stereocenters. The Morgan fingerprint density at radius 1 is 0.769 bits per heavy atom. The Morgan fingerprint density at radius 2 is 1.23 bits per heavy atom. The first-order valence-electron chi connectivity index (χ1n) is 9.54. The van der Waals surface area contributed by atoms with Gasteiger partial charge in [0.15, 0.2) is 0 Å². The molecule has 0 unspecified atom stereocenters. The van der Waals surface area contributed by atoms with Crippen molar-refractivity contribution in [3.8, 4) is 0 Å². The minimum absolute atomic E-state index is 0.946. The maximum Gasteiger partial charge on any atom is 0.0461 e. The Hall–Kier alpha value is -2.54. The third-order valence-electron chi connectivity index (χ3n) is 2.70. The molecule has 0 aromatic heterocycles. The average Bonchev–Trinajstić information content (AvgIpc) is 2.75. The van der Waals surface area contributed by atoms with E-state index < -0.39 is 0 Å². The van der Waals surface area contributed by atoms with Gasteiger partial charge in [-0.25, -0.2) is 0 Å². The molecular weight excluding hydrogens is 314 g/mol. The summed E-state index contributed by atoms with van der Waals surface area (Å²) in [5.41, 5.74) is 2.97. The highest BCUT2D eigenvalue weighted by Gasteiger charge is 2.11. The van der Waals surface area contributed by atoms with E-state index in [1.807, 2.05) is 115 Å². The van der Waals surface area contributed by atoms with Crippen molar-refractivity contribution in [2.75, 3.05) is 4.90 Å². The lowest BCUT2D eigenvalue weighted by Gasteiger charge is -2.26. The standard InChI is InChI=1S/C19H21N.3C2H6/c1-5-9-14-18(8-4)20(17(7-3)13-6-2)19-15-11-10-12-16-19;3*1-2/h5-16H,2-4H2,1H3;3*1-2H3/b9-5-,17-13+,18-14+;;;.